The van der Waals surface area contributed by atoms with Gasteiger partial charge in [0, 0.05) is 23.4 Å². The maximum Gasteiger partial charge on any atom is 0.274 e. The minimum absolute atomic E-state index is 0.0520. The molecule has 0 bridgehead atoms. The van der Waals surface area contributed by atoms with Crippen LogP contribution in [0.15, 0.2) is 36.7 Å². The third-order valence-electron chi connectivity index (χ3n) is 4.01. The maximum absolute atomic E-state index is 12.4. The quantitative estimate of drug-likeness (QED) is 0.762. The highest BCUT2D eigenvalue weighted by Gasteiger charge is 2.28. The third kappa shape index (κ3) is 4.42. The lowest BCUT2D eigenvalue weighted by molar-refractivity contribution is 0.100. The van der Waals surface area contributed by atoms with Gasteiger partial charge in [-0.15, -0.1) is 0 Å². The number of anilines is 2. The van der Waals surface area contributed by atoms with E-state index in [0.29, 0.717) is 23.5 Å². The zero-order chi connectivity index (χ0) is 18.7. The minimum Gasteiger partial charge on any atom is -0.366 e. The lowest BCUT2D eigenvalue weighted by Gasteiger charge is -2.12. The van der Waals surface area contributed by atoms with Crippen molar-refractivity contribution in [2.45, 2.75) is 19.4 Å². The van der Waals surface area contributed by atoms with Gasteiger partial charge in [0.05, 0.1) is 11.5 Å². The minimum atomic E-state index is -3.01. The average molecular weight is 374 g/mol. The van der Waals surface area contributed by atoms with Gasteiger partial charge in [-0.3, -0.25) is 9.59 Å². The molecule has 1 aliphatic rings. The number of aromatic nitrogens is 2. The number of hydrogen-bond donors (Lipinski definition) is 2. The molecule has 1 amide bonds. The molecule has 1 saturated heterocycles. The fourth-order valence-corrected chi connectivity index (χ4v) is 4.36. The molecule has 3 rings (SSSR count). The van der Waals surface area contributed by atoms with E-state index in [1.54, 1.807) is 24.3 Å². The highest BCUT2D eigenvalue weighted by molar-refractivity contribution is 7.91. The average Bonchev–Trinajstić information content (AvgIpc) is 2.94. The van der Waals surface area contributed by atoms with Crippen LogP contribution in [-0.2, 0) is 9.84 Å². The lowest BCUT2D eigenvalue weighted by atomic mass is 10.1. The predicted octanol–water partition coefficient (Wildman–Crippen LogP) is 1.53. The maximum atomic E-state index is 12.4. The Morgan fingerprint density at radius 3 is 2.69 bits per heavy atom. The van der Waals surface area contributed by atoms with E-state index in [1.165, 1.54) is 19.3 Å². The summed E-state index contributed by atoms with van der Waals surface area (Å²) in [6.45, 7) is 1.45. The van der Waals surface area contributed by atoms with Crippen molar-refractivity contribution in [3.05, 3.63) is 47.9 Å². The number of nitrogens with zero attached hydrogens (tertiary/aromatic N) is 2. The summed E-state index contributed by atoms with van der Waals surface area (Å²) in [7, 11) is -3.01. The van der Waals surface area contributed by atoms with E-state index in [2.05, 4.69) is 20.6 Å². The second kappa shape index (κ2) is 7.20. The molecule has 0 aliphatic carbocycles. The van der Waals surface area contributed by atoms with Crippen LogP contribution in [0.5, 0.6) is 0 Å². The lowest BCUT2D eigenvalue weighted by Crippen LogP contribution is -2.22. The fourth-order valence-electron chi connectivity index (χ4n) is 2.69. The number of rotatable bonds is 5. The van der Waals surface area contributed by atoms with Crippen LogP contribution < -0.4 is 10.6 Å². The first kappa shape index (κ1) is 18.0. The van der Waals surface area contributed by atoms with E-state index in [-0.39, 0.29) is 29.0 Å². The first-order chi connectivity index (χ1) is 12.3. The smallest absolute Gasteiger partial charge is 0.274 e. The van der Waals surface area contributed by atoms with E-state index in [9.17, 15) is 18.0 Å². The third-order valence-corrected chi connectivity index (χ3v) is 5.78. The van der Waals surface area contributed by atoms with Gasteiger partial charge in [0.15, 0.2) is 15.6 Å². The topological polar surface area (TPSA) is 118 Å². The summed E-state index contributed by atoms with van der Waals surface area (Å²) in [6.07, 6.45) is 1.75. The normalized spacial score (nSPS) is 18.3. The van der Waals surface area contributed by atoms with Gasteiger partial charge in [-0.2, -0.15) is 0 Å². The Kier molecular flexibility index (Phi) is 4.99. The largest absolute Gasteiger partial charge is 0.366 e. The van der Waals surface area contributed by atoms with Crippen LogP contribution >= 0.6 is 0 Å². The summed E-state index contributed by atoms with van der Waals surface area (Å²) < 4.78 is 23.0. The van der Waals surface area contributed by atoms with Crippen molar-refractivity contribution in [2.24, 2.45) is 0 Å². The zero-order valence-corrected chi connectivity index (χ0v) is 14.9. The zero-order valence-electron chi connectivity index (χ0n) is 14.1. The van der Waals surface area contributed by atoms with Crippen molar-refractivity contribution in [3.63, 3.8) is 0 Å². The van der Waals surface area contributed by atoms with Gasteiger partial charge in [-0.1, -0.05) is 12.1 Å². The molecule has 1 aromatic heterocycles. The van der Waals surface area contributed by atoms with Gasteiger partial charge in [0.25, 0.3) is 5.91 Å². The number of nitrogens with one attached hydrogen (secondary N) is 2. The van der Waals surface area contributed by atoms with Crippen LogP contribution in [0, 0.1) is 0 Å². The number of ketones is 1. The van der Waals surface area contributed by atoms with Gasteiger partial charge >= 0.3 is 0 Å². The van der Waals surface area contributed by atoms with Gasteiger partial charge in [-0.25, -0.2) is 18.4 Å². The Morgan fingerprint density at radius 1 is 1.19 bits per heavy atom. The summed E-state index contributed by atoms with van der Waals surface area (Å²) >= 11 is 0. The number of benzene rings is 1. The Morgan fingerprint density at radius 2 is 2.00 bits per heavy atom. The van der Waals surface area contributed by atoms with E-state index in [0.717, 1.165) is 0 Å². The van der Waals surface area contributed by atoms with E-state index in [4.69, 9.17) is 0 Å². The van der Waals surface area contributed by atoms with E-state index >= 15 is 0 Å². The van der Waals surface area contributed by atoms with Crippen molar-refractivity contribution >= 4 is 33.0 Å². The second-order valence-electron chi connectivity index (χ2n) is 6.12. The summed E-state index contributed by atoms with van der Waals surface area (Å²) in [5.74, 6) is 0.0486. The Hall–Kier alpha value is -2.81. The van der Waals surface area contributed by atoms with Crippen molar-refractivity contribution in [1.82, 2.24) is 9.97 Å². The summed E-state index contributed by atoms with van der Waals surface area (Å²) in [6, 6.07) is 7.85. The van der Waals surface area contributed by atoms with Crippen molar-refractivity contribution < 1.29 is 18.0 Å². The van der Waals surface area contributed by atoms with E-state index < -0.39 is 15.7 Å². The van der Waals surface area contributed by atoms with Gasteiger partial charge in [-0.05, 0) is 25.5 Å². The molecule has 1 aromatic carbocycles. The van der Waals surface area contributed by atoms with Crippen molar-refractivity contribution in [2.75, 3.05) is 22.1 Å². The molecular weight excluding hydrogens is 356 g/mol. The number of Topliss-reactive ketones (excluding diaryl/α,β-unsaturated/α-hetero) is 1. The molecule has 9 heteroatoms. The molecule has 2 aromatic rings. The summed E-state index contributed by atoms with van der Waals surface area (Å²) in [4.78, 5) is 31.8. The number of amides is 1. The first-order valence-corrected chi connectivity index (χ1v) is 9.86. The van der Waals surface area contributed by atoms with Crippen LogP contribution in [0.1, 0.15) is 34.2 Å². The molecule has 0 spiro atoms. The Labute approximate surface area is 151 Å². The number of carbonyl (C=O) groups excluding carboxylic acids is 2. The molecule has 0 saturated carbocycles. The Balaban J connectivity index is 1.70. The number of hydrogen-bond acceptors (Lipinski definition) is 7. The van der Waals surface area contributed by atoms with Crippen LogP contribution in [0.3, 0.4) is 0 Å². The molecule has 1 aliphatic heterocycles. The molecule has 1 fully saturated rings. The van der Waals surface area contributed by atoms with Gasteiger partial charge < -0.3 is 10.6 Å². The number of sulfone groups is 1. The molecule has 0 radical (unpaired) electrons. The molecule has 2 N–H and O–H groups in total. The van der Waals surface area contributed by atoms with Gasteiger partial charge in [0.2, 0.25) is 0 Å². The Bertz CT molecular complexity index is 959. The number of carbonyl (C=O) groups is 2. The van der Waals surface area contributed by atoms with Crippen LogP contribution in [-0.4, -0.2) is 47.6 Å². The predicted molar refractivity (Wildman–Crippen MR) is 97.1 cm³/mol. The summed E-state index contributed by atoms with van der Waals surface area (Å²) in [5.41, 5.74) is 1.12. The van der Waals surface area contributed by atoms with Crippen LogP contribution in [0.2, 0.25) is 0 Å². The molecule has 2 heterocycles. The van der Waals surface area contributed by atoms with Crippen LogP contribution in [0.4, 0.5) is 11.5 Å². The molecule has 26 heavy (non-hydrogen) atoms. The molecule has 136 valence electrons. The SMILES string of the molecule is CC(=O)c1cccc(NC(=O)c2cc(NC3CCS(=O)(=O)C3)ncn2)c1. The highest BCUT2D eigenvalue weighted by Crippen LogP contribution is 2.17. The second-order valence-corrected chi connectivity index (χ2v) is 8.35. The highest BCUT2D eigenvalue weighted by atomic mass is 32.2. The standard InChI is InChI=1S/C17H18N4O4S/c1-11(22)12-3-2-4-13(7-12)21-17(23)15-8-16(19-10-18-15)20-14-5-6-26(24,25)9-14/h2-4,7-8,10,14H,5-6,9H2,1H3,(H,21,23)(H,18,19,20). The van der Waals surface area contributed by atoms with Crippen molar-refractivity contribution in [1.29, 1.82) is 0 Å². The fraction of sp³-hybridized carbons (Fsp3) is 0.294. The monoisotopic (exact) mass is 374 g/mol. The van der Waals surface area contributed by atoms with Crippen LogP contribution in [0.25, 0.3) is 0 Å². The first-order valence-electron chi connectivity index (χ1n) is 8.04. The molecule has 8 nitrogen and oxygen atoms in total. The molecule has 1 unspecified atom stereocenters. The molecular formula is C17H18N4O4S. The van der Waals surface area contributed by atoms with E-state index in [1.807, 2.05) is 0 Å². The molecule has 1 atom stereocenters. The van der Waals surface area contributed by atoms with Crippen molar-refractivity contribution in [3.8, 4) is 0 Å². The van der Waals surface area contributed by atoms with Gasteiger partial charge in [0.1, 0.15) is 17.8 Å². The summed E-state index contributed by atoms with van der Waals surface area (Å²) in [5, 5.41) is 5.71.